The zero-order valence-electron chi connectivity index (χ0n) is 24.4. The molecule has 218 valence electrons. The minimum absolute atomic E-state index is 0.0803. The van der Waals surface area contributed by atoms with E-state index >= 15 is 0 Å². The highest BCUT2D eigenvalue weighted by Crippen LogP contribution is 2.61. The second-order valence-corrected chi connectivity index (χ2v) is 12.4. The molecule has 4 aromatic rings. The number of rotatable bonds is 4. The van der Waals surface area contributed by atoms with Crippen molar-refractivity contribution in [2.24, 2.45) is 17.8 Å². The highest BCUT2D eigenvalue weighted by Gasteiger charge is 2.61. The first-order valence-electron chi connectivity index (χ1n) is 15.1. The molecule has 3 atom stereocenters. The monoisotopic (exact) mass is 582 g/mol. The van der Waals surface area contributed by atoms with Crippen LogP contribution in [0.3, 0.4) is 0 Å². The zero-order valence-corrected chi connectivity index (χ0v) is 24.4. The van der Waals surface area contributed by atoms with Gasteiger partial charge in [0.05, 0.1) is 23.4 Å². The van der Waals surface area contributed by atoms with E-state index in [9.17, 15) is 19.2 Å². The summed E-state index contributed by atoms with van der Waals surface area (Å²) in [4.78, 5) is 56.9. The van der Waals surface area contributed by atoms with Crippen LogP contribution in [-0.2, 0) is 19.2 Å². The van der Waals surface area contributed by atoms with Crippen molar-refractivity contribution >= 4 is 35.1 Å². The Morgan fingerprint density at radius 1 is 0.727 bits per heavy atom. The molecule has 0 radical (unpaired) electrons. The van der Waals surface area contributed by atoms with Gasteiger partial charge in [-0.1, -0.05) is 60.7 Å². The summed E-state index contributed by atoms with van der Waals surface area (Å²) >= 11 is 0. The molecule has 4 aromatic carbocycles. The molecule has 3 amide bonds. The van der Waals surface area contributed by atoms with Crippen molar-refractivity contribution in [3.8, 4) is 5.75 Å². The van der Waals surface area contributed by atoms with Crippen LogP contribution in [0.5, 0.6) is 5.75 Å². The molecule has 5 aliphatic rings. The number of aryl methyl sites for hydroxylation is 2. The summed E-state index contributed by atoms with van der Waals surface area (Å²) in [6.45, 7) is 4.17. The van der Waals surface area contributed by atoms with Gasteiger partial charge in [-0.25, -0.2) is 4.90 Å². The number of imide groups is 1. The SMILES string of the molecule is Cc1ccc(C)c(N2C[C@H](C(=O)Oc3ccc(N4C(=O)[C@H]5C6c7ccccc7C(c7ccccc76)[C@@H]5C4=O)cc3)CC2=O)c1. The number of carbonyl (C=O) groups is 4. The van der Waals surface area contributed by atoms with E-state index in [4.69, 9.17) is 4.74 Å². The molecule has 2 bridgehead atoms. The highest BCUT2D eigenvalue weighted by molar-refractivity contribution is 6.23. The van der Waals surface area contributed by atoms with Crippen LogP contribution in [0.4, 0.5) is 11.4 Å². The standard InChI is InChI=1S/C37H30N2O5/c1-20-11-12-21(2)29(17-20)38-19-22(18-30(38)40)37(43)44-24-15-13-23(14-16-24)39-35(41)33-31-25-7-3-4-8-26(25)32(34(33)36(39)42)28-10-6-5-9-27(28)31/h3-17,22,31-34H,18-19H2,1-2H3/t22-,31?,32?,33+,34+/m1/s1. The van der Waals surface area contributed by atoms with Crippen LogP contribution in [-0.4, -0.2) is 30.2 Å². The fourth-order valence-corrected chi connectivity index (χ4v) is 7.90. The number of hydrogen-bond acceptors (Lipinski definition) is 5. The van der Waals surface area contributed by atoms with Crippen LogP contribution in [0.25, 0.3) is 0 Å². The van der Waals surface area contributed by atoms with Gasteiger partial charge in [-0.3, -0.25) is 19.2 Å². The molecule has 2 fully saturated rings. The Hall–Kier alpha value is -5.04. The molecule has 9 rings (SSSR count). The molecule has 2 aliphatic heterocycles. The van der Waals surface area contributed by atoms with Gasteiger partial charge in [0.25, 0.3) is 0 Å². The van der Waals surface area contributed by atoms with Crippen LogP contribution in [0.15, 0.2) is 91.0 Å². The fourth-order valence-electron chi connectivity index (χ4n) is 7.90. The Morgan fingerprint density at radius 3 is 1.82 bits per heavy atom. The van der Waals surface area contributed by atoms with Crippen LogP contribution < -0.4 is 14.5 Å². The number of amides is 3. The summed E-state index contributed by atoms with van der Waals surface area (Å²) < 4.78 is 5.67. The van der Waals surface area contributed by atoms with E-state index in [-0.39, 0.29) is 42.5 Å². The van der Waals surface area contributed by atoms with Gasteiger partial charge in [0, 0.05) is 30.5 Å². The van der Waals surface area contributed by atoms with Gasteiger partial charge in [0.2, 0.25) is 17.7 Å². The topological polar surface area (TPSA) is 84.0 Å². The normalized spacial score (nSPS) is 24.8. The number of benzene rings is 4. The molecule has 0 unspecified atom stereocenters. The highest BCUT2D eigenvalue weighted by atomic mass is 16.5. The van der Waals surface area contributed by atoms with Crippen molar-refractivity contribution in [3.63, 3.8) is 0 Å². The van der Waals surface area contributed by atoms with Crippen molar-refractivity contribution in [1.82, 2.24) is 0 Å². The maximum absolute atomic E-state index is 14.0. The Balaban J connectivity index is 1.02. The van der Waals surface area contributed by atoms with Crippen LogP contribution in [0.1, 0.15) is 51.6 Å². The average Bonchev–Trinajstić information content (AvgIpc) is 3.55. The fraction of sp³-hybridized carbons (Fsp3) is 0.243. The number of esters is 1. The van der Waals surface area contributed by atoms with Crippen molar-refractivity contribution in [3.05, 3.63) is 124 Å². The summed E-state index contributed by atoms with van der Waals surface area (Å²) in [5.41, 5.74) is 7.80. The third-order valence-corrected chi connectivity index (χ3v) is 9.88. The van der Waals surface area contributed by atoms with Gasteiger partial charge in [-0.05, 0) is 77.6 Å². The third-order valence-electron chi connectivity index (χ3n) is 9.88. The molecule has 0 aromatic heterocycles. The lowest BCUT2D eigenvalue weighted by Crippen LogP contribution is -2.41. The second-order valence-electron chi connectivity index (χ2n) is 12.4. The zero-order chi connectivity index (χ0) is 30.3. The van der Waals surface area contributed by atoms with Crippen molar-refractivity contribution in [2.75, 3.05) is 16.3 Å². The molecular formula is C37H30N2O5. The predicted molar refractivity (Wildman–Crippen MR) is 164 cm³/mol. The van der Waals surface area contributed by atoms with Crippen LogP contribution in [0.2, 0.25) is 0 Å². The summed E-state index contributed by atoms with van der Waals surface area (Å²) in [6, 6.07) is 28.8. The first kappa shape index (κ1) is 26.6. The summed E-state index contributed by atoms with van der Waals surface area (Å²) in [6.07, 6.45) is 0.0803. The lowest BCUT2D eigenvalue weighted by molar-refractivity contribution is -0.139. The molecule has 0 N–H and O–H groups in total. The van der Waals surface area contributed by atoms with Gasteiger partial charge in [0.15, 0.2) is 0 Å². The van der Waals surface area contributed by atoms with E-state index in [2.05, 4.69) is 24.3 Å². The molecule has 7 nitrogen and oxygen atoms in total. The molecule has 2 saturated heterocycles. The average molecular weight is 583 g/mol. The third kappa shape index (κ3) is 3.81. The lowest BCUT2D eigenvalue weighted by atomic mass is 9.55. The van der Waals surface area contributed by atoms with E-state index in [1.54, 1.807) is 29.2 Å². The summed E-state index contributed by atoms with van der Waals surface area (Å²) in [7, 11) is 0. The van der Waals surface area contributed by atoms with Gasteiger partial charge < -0.3 is 9.64 Å². The minimum Gasteiger partial charge on any atom is -0.426 e. The van der Waals surface area contributed by atoms with Crippen molar-refractivity contribution in [1.29, 1.82) is 0 Å². The number of ether oxygens (including phenoxy) is 1. The van der Waals surface area contributed by atoms with E-state index in [1.165, 1.54) is 4.90 Å². The Morgan fingerprint density at radius 2 is 1.27 bits per heavy atom. The maximum atomic E-state index is 14.0. The Kier molecular flexibility index (Phi) is 5.88. The number of anilines is 2. The molecule has 3 aliphatic carbocycles. The largest absolute Gasteiger partial charge is 0.426 e. The number of nitrogens with zero attached hydrogens (tertiary/aromatic N) is 2. The van der Waals surface area contributed by atoms with Gasteiger partial charge in [-0.15, -0.1) is 0 Å². The Labute approximate surface area is 255 Å². The smallest absolute Gasteiger partial charge is 0.316 e. The van der Waals surface area contributed by atoms with Crippen molar-refractivity contribution < 1.29 is 23.9 Å². The van der Waals surface area contributed by atoms with E-state index < -0.39 is 23.7 Å². The quantitative estimate of drug-likeness (QED) is 0.176. The van der Waals surface area contributed by atoms with Crippen LogP contribution >= 0.6 is 0 Å². The number of carbonyl (C=O) groups excluding carboxylic acids is 4. The molecule has 0 spiro atoms. The van der Waals surface area contributed by atoms with E-state index in [0.29, 0.717) is 11.4 Å². The lowest BCUT2D eigenvalue weighted by Gasteiger charge is -2.45. The predicted octanol–water partition coefficient (Wildman–Crippen LogP) is 5.66. The first-order valence-corrected chi connectivity index (χ1v) is 15.1. The molecule has 7 heteroatoms. The Bertz CT molecular complexity index is 1780. The maximum Gasteiger partial charge on any atom is 0.316 e. The van der Waals surface area contributed by atoms with E-state index in [1.807, 2.05) is 56.3 Å². The van der Waals surface area contributed by atoms with Gasteiger partial charge in [-0.2, -0.15) is 0 Å². The molecule has 2 heterocycles. The molecular weight excluding hydrogens is 552 g/mol. The van der Waals surface area contributed by atoms with Gasteiger partial charge in [0.1, 0.15) is 5.75 Å². The van der Waals surface area contributed by atoms with Gasteiger partial charge >= 0.3 is 5.97 Å². The second kappa shape index (κ2) is 9.74. The first-order chi connectivity index (χ1) is 21.3. The molecule has 0 saturated carbocycles. The minimum atomic E-state index is -0.592. The summed E-state index contributed by atoms with van der Waals surface area (Å²) in [5.74, 6) is -2.54. The molecule has 44 heavy (non-hydrogen) atoms. The van der Waals surface area contributed by atoms with Crippen molar-refractivity contribution in [2.45, 2.75) is 32.1 Å². The summed E-state index contributed by atoms with van der Waals surface area (Å²) in [5, 5.41) is 0. The van der Waals surface area contributed by atoms with Crippen LogP contribution in [0, 0.1) is 31.6 Å². The van der Waals surface area contributed by atoms with E-state index in [0.717, 1.165) is 39.1 Å². The number of hydrogen-bond donors (Lipinski definition) is 0.